The summed E-state index contributed by atoms with van der Waals surface area (Å²) in [5, 5.41) is 11.9. The second-order valence-corrected chi connectivity index (χ2v) is 5.78. The number of alkyl halides is 3. The normalized spacial score (nSPS) is 17.2. The number of benzene rings is 1. The second-order valence-electron chi connectivity index (χ2n) is 5.78. The summed E-state index contributed by atoms with van der Waals surface area (Å²) in [7, 11) is 0. The first-order valence-corrected chi connectivity index (χ1v) is 7.58. The van der Waals surface area contributed by atoms with Crippen LogP contribution >= 0.6 is 0 Å². The SMILES string of the molecule is N#Cc1ccc(CNC2CCN(CCC(F)(F)F)CC2)c(F)c1. The van der Waals surface area contributed by atoms with Crippen molar-refractivity contribution in [2.45, 2.75) is 38.0 Å². The van der Waals surface area contributed by atoms with E-state index in [1.165, 1.54) is 6.07 Å². The van der Waals surface area contributed by atoms with E-state index in [2.05, 4.69) is 5.32 Å². The van der Waals surface area contributed by atoms with Crippen LogP contribution in [-0.4, -0.2) is 36.8 Å². The maximum Gasteiger partial charge on any atom is 0.390 e. The lowest BCUT2D eigenvalue weighted by molar-refractivity contribution is -0.138. The van der Waals surface area contributed by atoms with E-state index in [0.717, 1.165) is 12.8 Å². The van der Waals surface area contributed by atoms with Crippen LogP contribution in [0.4, 0.5) is 17.6 Å². The molecule has 0 atom stereocenters. The molecule has 0 unspecified atom stereocenters. The van der Waals surface area contributed by atoms with Gasteiger partial charge in [0.1, 0.15) is 5.82 Å². The van der Waals surface area contributed by atoms with Gasteiger partial charge in [-0.2, -0.15) is 18.4 Å². The fourth-order valence-electron chi connectivity index (χ4n) is 2.66. The molecule has 2 rings (SSSR count). The molecule has 1 aromatic carbocycles. The molecule has 1 aromatic rings. The molecular weight excluding hydrogens is 310 g/mol. The number of nitrogens with one attached hydrogen (secondary N) is 1. The lowest BCUT2D eigenvalue weighted by Gasteiger charge is -2.32. The summed E-state index contributed by atoms with van der Waals surface area (Å²) < 4.78 is 50.3. The third-order valence-corrected chi connectivity index (χ3v) is 4.06. The highest BCUT2D eigenvalue weighted by Gasteiger charge is 2.29. The van der Waals surface area contributed by atoms with Gasteiger partial charge in [-0.15, -0.1) is 0 Å². The molecule has 1 fully saturated rings. The number of nitrogens with zero attached hydrogens (tertiary/aromatic N) is 2. The van der Waals surface area contributed by atoms with Crippen LogP contribution in [0.3, 0.4) is 0 Å². The number of hydrogen-bond donors (Lipinski definition) is 1. The largest absolute Gasteiger partial charge is 0.390 e. The molecule has 0 amide bonds. The van der Waals surface area contributed by atoms with E-state index in [0.29, 0.717) is 25.2 Å². The van der Waals surface area contributed by atoms with Gasteiger partial charge in [0, 0.05) is 24.7 Å². The van der Waals surface area contributed by atoms with Gasteiger partial charge in [-0.1, -0.05) is 6.07 Å². The molecular formula is C16H19F4N3. The average Bonchev–Trinajstić information content (AvgIpc) is 2.52. The Bertz CT molecular complexity index is 557. The quantitative estimate of drug-likeness (QED) is 0.843. The predicted molar refractivity (Wildman–Crippen MR) is 78.1 cm³/mol. The highest BCUT2D eigenvalue weighted by atomic mass is 19.4. The van der Waals surface area contributed by atoms with Gasteiger partial charge < -0.3 is 10.2 Å². The van der Waals surface area contributed by atoms with Crippen LogP contribution in [0.1, 0.15) is 30.4 Å². The molecule has 3 nitrogen and oxygen atoms in total. The molecule has 126 valence electrons. The van der Waals surface area contributed by atoms with Crippen LogP contribution in [0.5, 0.6) is 0 Å². The Kier molecular flexibility index (Phi) is 5.97. The Labute approximate surface area is 132 Å². The van der Waals surface area contributed by atoms with Crippen molar-refractivity contribution in [3.05, 3.63) is 35.1 Å². The molecule has 0 aliphatic carbocycles. The fraction of sp³-hybridized carbons (Fsp3) is 0.562. The third kappa shape index (κ3) is 5.81. The van der Waals surface area contributed by atoms with Crippen LogP contribution < -0.4 is 5.32 Å². The van der Waals surface area contributed by atoms with Gasteiger partial charge in [0.15, 0.2) is 0 Å². The van der Waals surface area contributed by atoms with Crippen LogP contribution in [0.2, 0.25) is 0 Å². The molecule has 0 radical (unpaired) electrons. The van der Waals surface area contributed by atoms with Crippen molar-refractivity contribution in [1.82, 2.24) is 10.2 Å². The van der Waals surface area contributed by atoms with Crippen LogP contribution in [0.15, 0.2) is 18.2 Å². The number of likely N-dealkylation sites (tertiary alicyclic amines) is 1. The standard InChI is InChI=1S/C16H19F4N3/c17-15-9-12(10-21)1-2-13(15)11-22-14-3-6-23(7-4-14)8-5-16(18,19)20/h1-2,9,14,22H,3-8,11H2. The summed E-state index contributed by atoms with van der Waals surface area (Å²) in [4.78, 5) is 1.81. The zero-order valence-corrected chi connectivity index (χ0v) is 12.7. The van der Waals surface area contributed by atoms with Crippen molar-refractivity contribution in [2.24, 2.45) is 0 Å². The Hall–Kier alpha value is -1.65. The Morgan fingerprint density at radius 1 is 1.26 bits per heavy atom. The summed E-state index contributed by atoms with van der Waals surface area (Å²) in [6.07, 6.45) is -3.39. The predicted octanol–water partition coefficient (Wildman–Crippen LogP) is 3.20. The number of nitriles is 1. The lowest BCUT2D eigenvalue weighted by atomic mass is 10.0. The fourth-order valence-corrected chi connectivity index (χ4v) is 2.66. The summed E-state index contributed by atoms with van der Waals surface area (Å²) in [5.74, 6) is -0.417. The van der Waals surface area contributed by atoms with Crippen molar-refractivity contribution < 1.29 is 17.6 Å². The number of halogens is 4. The van der Waals surface area contributed by atoms with E-state index in [4.69, 9.17) is 5.26 Å². The van der Waals surface area contributed by atoms with Gasteiger partial charge in [0.25, 0.3) is 0 Å². The smallest absolute Gasteiger partial charge is 0.310 e. The first-order valence-electron chi connectivity index (χ1n) is 7.58. The van der Waals surface area contributed by atoms with E-state index in [1.54, 1.807) is 12.1 Å². The first-order chi connectivity index (χ1) is 10.9. The average molecular weight is 329 g/mol. The molecule has 1 aliphatic heterocycles. The zero-order valence-electron chi connectivity index (χ0n) is 12.7. The molecule has 23 heavy (non-hydrogen) atoms. The maximum atomic E-state index is 13.8. The Balaban J connectivity index is 1.74. The monoisotopic (exact) mass is 329 g/mol. The van der Waals surface area contributed by atoms with Gasteiger partial charge in [0.2, 0.25) is 0 Å². The molecule has 0 aromatic heterocycles. The minimum atomic E-state index is -4.11. The van der Waals surface area contributed by atoms with E-state index < -0.39 is 18.4 Å². The number of rotatable bonds is 5. The van der Waals surface area contributed by atoms with Crippen molar-refractivity contribution >= 4 is 0 Å². The lowest BCUT2D eigenvalue weighted by Crippen LogP contribution is -2.43. The highest BCUT2D eigenvalue weighted by molar-refractivity contribution is 5.32. The van der Waals surface area contributed by atoms with Gasteiger partial charge in [0.05, 0.1) is 18.1 Å². The molecule has 0 saturated carbocycles. The van der Waals surface area contributed by atoms with Crippen molar-refractivity contribution in [1.29, 1.82) is 5.26 Å². The molecule has 7 heteroatoms. The molecule has 1 N–H and O–H groups in total. The molecule has 0 spiro atoms. The number of hydrogen-bond acceptors (Lipinski definition) is 3. The van der Waals surface area contributed by atoms with Crippen molar-refractivity contribution in [2.75, 3.05) is 19.6 Å². The van der Waals surface area contributed by atoms with Crippen LogP contribution in [0, 0.1) is 17.1 Å². The van der Waals surface area contributed by atoms with Crippen molar-refractivity contribution in [3.8, 4) is 6.07 Å². The van der Waals surface area contributed by atoms with Crippen molar-refractivity contribution in [3.63, 3.8) is 0 Å². The summed E-state index contributed by atoms with van der Waals surface area (Å²) in [5.41, 5.74) is 0.771. The van der Waals surface area contributed by atoms with Crippen LogP contribution in [0.25, 0.3) is 0 Å². The third-order valence-electron chi connectivity index (χ3n) is 4.06. The second kappa shape index (κ2) is 7.75. The van der Waals surface area contributed by atoms with Gasteiger partial charge in [-0.3, -0.25) is 0 Å². The van der Waals surface area contributed by atoms with E-state index in [1.807, 2.05) is 11.0 Å². The van der Waals surface area contributed by atoms with Gasteiger partial charge in [-0.05, 0) is 38.1 Å². The van der Waals surface area contributed by atoms with E-state index in [-0.39, 0.29) is 18.2 Å². The molecule has 1 saturated heterocycles. The minimum Gasteiger partial charge on any atom is -0.310 e. The minimum absolute atomic E-state index is 0.0421. The highest BCUT2D eigenvalue weighted by Crippen LogP contribution is 2.21. The van der Waals surface area contributed by atoms with E-state index in [9.17, 15) is 17.6 Å². The summed E-state index contributed by atoms with van der Waals surface area (Å²) in [6.45, 7) is 1.62. The van der Waals surface area contributed by atoms with Gasteiger partial charge >= 0.3 is 6.18 Å². The molecule has 1 heterocycles. The Morgan fingerprint density at radius 3 is 2.52 bits per heavy atom. The topological polar surface area (TPSA) is 39.1 Å². The zero-order chi connectivity index (χ0) is 16.9. The summed E-state index contributed by atoms with van der Waals surface area (Å²) in [6, 6.07) is 6.41. The number of piperidine rings is 1. The first kappa shape index (κ1) is 17.7. The maximum absolute atomic E-state index is 13.8. The van der Waals surface area contributed by atoms with Gasteiger partial charge in [-0.25, -0.2) is 4.39 Å². The summed E-state index contributed by atoms with van der Waals surface area (Å²) >= 11 is 0. The van der Waals surface area contributed by atoms with Crippen LogP contribution in [-0.2, 0) is 6.54 Å². The molecule has 0 bridgehead atoms. The molecule has 1 aliphatic rings. The van der Waals surface area contributed by atoms with E-state index >= 15 is 0 Å². The Morgan fingerprint density at radius 2 is 1.96 bits per heavy atom.